The predicted octanol–water partition coefficient (Wildman–Crippen LogP) is 2.98. The first-order valence-electron chi connectivity index (χ1n) is 6.41. The number of aliphatic carboxylic acids is 1. The number of hydrogen-bond acceptors (Lipinski definition) is 3. The Kier molecular flexibility index (Phi) is 4.63. The fourth-order valence-electron chi connectivity index (χ4n) is 1.85. The Morgan fingerprint density at radius 1 is 1.13 bits per heavy atom. The van der Waals surface area contributed by atoms with Gasteiger partial charge >= 0.3 is 12.1 Å². The van der Waals surface area contributed by atoms with E-state index in [4.69, 9.17) is 5.11 Å². The van der Waals surface area contributed by atoms with Crippen LogP contribution in [-0.4, -0.2) is 22.0 Å². The summed E-state index contributed by atoms with van der Waals surface area (Å²) < 4.78 is 37.3. The predicted molar refractivity (Wildman–Crippen MR) is 75.0 cm³/mol. The summed E-state index contributed by atoms with van der Waals surface area (Å²) in [6.45, 7) is 0. The summed E-state index contributed by atoms with van der Waals surface area (Å²) in [6, 6.07) is 7.98. The van der Waals surface area contributed by atoms with Crippen molar-refractivity contribution in [2.45, 2.75) is 12.6 Å². The standard InChI is InChI=1S/C15H11F3N2O3/c16-15(17,18)12-6-5-10(8-19-12)14(23)20-11-4-2-1-3-9(11)7-13(21)22/h1-6,8H,7H2,(H,20,23)(H,21,22). The summed E-state index contributed by atoms with van der Waals surface area (Å²) in [5.74, 6) is -1.74. The number of carboxylic acids is 1. The largest absolute Gasteiger partial charge is 0.481 e. The van der Waals surface area contributed by atoms with Crippen LogP contribution in [0.4, 0.5) is 18.9 Å². The molecule has 2 aromatic rings. The van der Waals surface area contributed by atoms with Gasteiger partial charge in [-0.2, -0.15) is 13.2 Å². The number of hydrogen-bond donors (Lipinski definition) is 2. The minimum Gasteiger partial charge on any atom is -0.481 e. The van der Waals surface area contributed by atoms with Gasteiger partial charge < -0.3 is 10.4 Å². The molecule has 2 N–H and O–H groups in total. The number of para-hydroxylation sites is 1. The molecule has 0 fully saturated rings. The second-order valence-corrected chi connectivity index (χ2v) is 4.61. The van der Waals surface area contributed by atoms with Crippen LogP contribution in [0.15, 0.2) is 42.6 Å². The van der Waals surface area contributed by atoms with Crippen LogP contribution in [0.1, 0.15) is 21.6 Å². The third kappa shape index (κ3) is 4.29. The number of amides is 1. The number of halogens is 3. The van der Waals surface area contributed by atoms with Gasteiger partial charge in [-0.3, -0.25) is 14.6 Å². The van der Waals surface area contributed by atoms with Crippen molar-refractivity contribution < 1.29 is 27.9 Å². The molecule has 23 heavy (non-hydrogen) atoms. The van der Waals surface area contributed by atoms with Gasteiger partial charge in [0, 0.05) is 11.9 Å². The van der Waals surface area contributed by atoms with Crippen LogP contribution in [0.2, 0.25) is 0 Å². The van der Waals surface area contributed by atoms with E-state index in [2.05, 4.69) is 10.3 Å². The number of carboxylic acid groups (broad SMARTS) is 1. The fraction of sp³-hybridized carbons (Fsp3) is 0.133. The molecule has 0 aliphatic rings. The van der Waals surface area contributed by atoms with E-state index in [-0.39, 0.29) is 17.7 Å². The molecule has 1 heterocycles. The van der Waals surface area contributed by atoms with E-state index in [0.29, 0.717) is 11.6 Å². The van der Waals surface area contributed by atoms with Crippen LogP contribution in [0.5, 0.6) is 0 Å². The van der Waals surface area contributed by atoms with Gasteiger partial charge in [0.25, 0.3) is 5.91 Å². The SMILES string of the molecule is O=C(O)Cc1ccccc1NC(=O)c1ccc(C(F)(F)F)nc1. The molecule has 5 nitrogen and oxygen atoms in total. The second kappa shape index (κ2) is 6.47. The Morgan fingerprint density at radius 2 is 1.83 bits per heavy atom. The number of aromatic nitrogens is 1. The maximum atomic E-state index is 12.4. The smallest absolute Gasteiger partial charge is 0.433 e. The molecule has 0 aliphatic heterocycles. The molecule has 0 aliphatic carbocycles. The molecule has 0 bridgehead atoms. The van der Waals surface area contributed by atoms with Crippen molar-refractivity contribution in [3.63, 3.8) is 0 Å². The minimum atomic E-state index is -4.58. The Morgan fingerprint density at radius 3 is 2.39 bits per heavy atom. The van der Waals surface area contributed by atoms with Gasteiger partial charge in [-0.1, -0.05) is 18.2 Å². The summed E-state index contributed by atoms with van der Waals surface area (Å²) in [5, 5.41) is 11.3. The molecule has 0 saturated carbocycles. The zero-order valence-electron chi connectivity index (χ0n) is 11.6. The van der Waals surface area contributed by atoms with Crippen molar-refractivity contribution in [3.8, 4) is 0 Å². The maximum Gasteiger partial charge on any atom is 0.433 e. The lowest BCUT2D eigenvalue weighted by atomic mass is 10.1. The molecule has 0 radical (unpaired) electrons. The molecule has 0 saturated heterocycles. The van der Waals surface area contributed by atoms with Crippen molar-refractivity contribution in [3.05, 3.63) is 59.4 Å². The van der Waals surface area contributed by atoms with E-state index < -0.39 is 23.7 Å². The number of pyridine rings is 1. The Bertz CT molecular complexity index is 727. The van der Waals surface area contributed by atoms with E-state index in [1.165, 1.54) is 12.1 Å². The van der Waals surface area contributed by atoms with E-state index in [1.807, 2.05) is 0 Å². The molecule has 0 atom stereocenters. The highest BCUT2D eigenvalue weighted by Gasteiger charge is 2.32. The third-order valence-corrected chi connectivity index (χ3v) is 2.92. The van der Waals surface area contributed by atoms with E-state index in [0.717, 1.165) is 12.3 Å². The molecule has 2 rings (SSSR count). The molecule has 1 amide bonds. The Hall–Kier alpha value is -2.90. The highest BCUT2D eigenvalue weighted by molar-refractivity contribution is 6.04. The molecular formula is C15H11F3N2O3. The van der Waals surface area contributed by atoms with Gasteiger partial charge in [0.05, 0.1) is 12.0 Å². The average molecular weight is 324 g/mol. The molecule has 120 valence electrons. The third-order valence-electron chi connectivity index (χ3n) is 2.92. The van der Waals surface area contributed by atoms with Gasteiger partial charge in [-0.05, 0) is 23.8 Å². The van der Waals surface area contributed by atoms with Crippen LogP contribution in [-0.2, 0) is 17.4 Å². The lowest BCUT2D eigenvalue weighted by molar-refractivity contribution is -0.141. The van der Waals surface area contributed by atoms with Crippen LogP contribution in [0, 0.1) is 0 Å². The van der Waals surface area contributed by atoms with Crippen molar-refractivity contribution in [2.75, 3.05) is 5.32 Å². The maximum absolute atomic E-state index is 12.4. The van der Waals surface area contributed by atoms with Gasteiger partial charge in [0.15, 0.2) is 0 Å². The number of nitrogens with zero attached hydrogens (tertiary/aromatic N) is 1. The van der Waals surface area contributed by atoms with E-state index in [9.17, 15) is 22.8 Å². The highest BCUT2D eigenvalue weighted by atomic mass is 19.4. The lowest BCUT2D eigenvalue weighted by Crippen LogP contribution is -2.16. The molecule has 0 spiro atoms. The van der Waals surface area contributed by atoms with Gasteiger partial charge in [0.2, 0.25) is 0 Å². The molecule has 1 aromatic heterocycles. The van der Waals surface area contributed by atoms with Crippen LogP contribution < -0.4 is 5.32 Å². The summed E-state index contributed by atoms with van der Waals surface area (Å²) in [4.78, 5) is 26.0. The fourth-order valence-corrected chi connectivity index (χ4v) is 1.85. The van der Waals surface area contributed by atoms with Crippen molar-refractivity contribution in [1.82, 2.24) is 4.98 Å². The van der Waals surface area contributed by atoms with Crippen molar-refractivity contribution in [2.24, 2.45) is 0 Å². The molecular weight excluding hydrogens is 313 g/mol. The van der Waals surface area contributed by atoms with E-state index in [1.54, 1.807) is 12.1 Å². The van der Waals surface area contributed by atoms with Crippen LogP contribution in [0.3, 0.4) is 0 Å². The van der Waals surface area contributed by atoms with Crippen molar-refractivity contribution >= 4 is 17.6 Å². The normalized spacial score (nSPS) is 11.1. The number of nitrogens with one attached hydrogen (secondary N) is 1. The lowest BCUT2D eigenvalue weighted by Gasteiger charge is -2.10. The molecule has 0 unspecified atom stereocenters. The molecule has 8 heteroatoms. The molecule has 1 aromatic carbocycles. The quantitative estimate of drug-likeness (QED) is 0.906. The van der Waals surface area contributed by atoms with Gasteiger partial charge in [-0.25, -0.2) is 0 Å². The summed E-state index contributed by atoms with van der Waals surface area (Å²) in [6.07, 6.45) is -4.05. The number of anilines is 1. The second-order valence-electron chi connectivity index (χ2n) is 4.61. The van der Waals surface area contributed by atoms with Crippen LogP contribution >= 0.6 is 0 Å². The first kappa shape index (κ1) is 16.5. The number of benzene rings is 1. The average Bonchev–Trinajstić information content (AvgIpc) is 2.48. The summed E-state index contributed by atoms with van der Waals surface area (Å²) in [5.41, 5.74) is -0.503. The summed E-state index contributed by atoms with van der Waals surface area (Å²) >= 11 is 0. The first-order valence-corrected chi connectivity index (χ1v) is 6.41. The Labute approximate surface area is 128 Å². The summed E-state index contributed by atoms with van der Waals surface area (Å²) in [7, 11) is 0. The van der Waals surface area contributed by atoms with Gasteiger partial charge in [-0.15, -0.1) is 0 Å². The number of carbonyl (C=O) groups is 2. The highest BCUT2D eigenvalue weighted by Crippen LogP contribution is 2.27. The number of rotatable bonds is 4. The van der Waals surface area contributed by atoms with Crippen molar-refractivity contribution in [1.29, 1.82) is 0 Å². The minimum absolute atomic E-state index is 0.0665. The first-order chi connectivity index (χ1) is 10.8. The van der Waals surface area contributed by atoms with Crippen LogP contribution in [0.25, 0.3) is 0 Å². The zero-order valence-corrected chi connectivity index (χ0v) is 11.6. The number of carbonyl (C=O) groups excluding carboxylic acids is 1. The topological polar surface area (TPSA) is 79.3 Å². The zero-order chi connectivity index (χ0) is 17.0. The number of alkyl halides is 3. The van der Waals surface area contributed by atoms with E-state index >= 15 is 0 Å². The monoisotopic (exact) mass is 324 g/mol. The van der Waals surface area contributed by atoms with Gasteiger partial charge in [0.1, 0.15) is 5.69 Å². The Balaban J connectivity index is 2.18.